The summed E-state index contributed by atoms with van der Waals surface area (Å²) in [6.07, 6.45) is 3.64. The Bertz CT molecular complexity index is 184. The minimum absolute atomic E-state index is 0.0891. The van der Waals surface area contributed by atoms with Gasteiger partial charge < -0.3 is 0 Å². The van der Waals surface area contributed by atoms with E-state index < -0.39 is 0 Å². The molecule has 1 aliphatic heterocycles. The molecule has 1 aliphatic rings. The summed E-state index contributed by atoms with van der Waals surface area (Å²) in [6.45, 7) is 5.08. The number of carbonyl (C=O) groups is 1. The van der Waals surface area contributed by atoms with E-state index in [4.69, 9.17) is 5.84 Å². The lowest BCUT2D eigenvalue weighted by atomic mass is 10.0. The van der Waals surface area contributed by atoms with E-state index in [1.165, 1.54) is 19.3 Å². The van der Waals surface area contributed by atoms with Crippen molar-refractivity contribution in [2.45, 2.75) is 45.2 Å². The molecule has 0 saturated carbocycles. The van der Waals surface area contributed by atoms with Gasteiger partial charge in [-0.3, -0.25) is 15.1 Å². The summed E-state index contributed by atoms with van der Waals surface area (Å²) in [5, 5.41) is 0. The molecule has 13 heavy (non-hydrogen) atoms. The summed E-state index contributed by atoms with van der Waals surface area (Å²) in [7, 11) is 0. The van der Waals surface area contributed by atoms with Crippen molar-refractivity contribution in [2.75, 3.05) is 6.54 Å². The zero-order valence-corrected chi connectivity index (χ0v) is 8.42. The molecule has 1 rings (SSSR count). The minimum Gasteiger partial charge on any atom is -0.293 e. The zero-order valence-electron chi connectivity index (χ0n) is 8.42. The second-order valence-electron chi connectivity index (χ2n) is 3.77. The summed E-state index contributed by atoms with van der Waals surface area (Å²) in [5.41, 5.74) is 2.20. The number of rotatable bonds is 2. The summed E-state index contributed by atoms with van der Waals surface area (Å²) < 4.78 is 0. The van der Waals surface area contributed by atoms with Crippen LogP contribution in [0.25, 0.3) is 0 Å². The van der Waals surface area contributed by atoms with Crippen LogP contribution in [-0.2, 0) is 4.79 Å². The van der Waals surface area contributed by atoms with Crippen molar-refractivity contribution in [1.82, 2.24) is 10.3 Å². The highest BCUT2D eigenvalue weighted by molar-refractivity contribution is 5.80. The Morgan fingerprint density at radius 2 is 2.31 bits per heavy atom. The van der Waals surface area contributed by atoms with Crippen molar-refractivity contribution in [1.29, 1.82) is 0 Å². The Kier molecular flexibility index (Phi) is 3.69. The molecule has 0 unspecified atom stereocenters. The topological polar surface area (TPSA) is 58.4 Å². The molecule has 1 amide bonds. The lowest BCUT2D eigenvalue weighted by molar-refractivity contribution is -0.127. The standard InChI is InChI=1S/C9H19N3O/c1-7-5-3-4-6-12(7)8(2)9(13)11-10/h7-8H,3-6,10H2,1-2H3,(H,11,13)/t7-,8-/m0/s1. The van der Waals surface area contributed by atoms with E-state index in [0.29, 0.717) is 6.04 Å². The predicted molar refractivity (Wildman–Crippen MR) is 51.8 cm³/mol. The number of hydrogen-bond donors (Lipinski definition) is 2. The van der Waals surface area contributed by atoms with Crippen LogP contribution in [0, 0.1) is 0 Å². The van der Waals surface area contributed by atoms with E-state index in [1.807, 2.05) is 6.92 Å². The van der Waals surface area contributed by atoms with Gasteiger partial charge in [0.15, 0.2) is 0 Å². The van der Waals surface area contributed by atoms with E-state index >= 15 is 0 Å². The number of carbonyl (C=O) groups excluding carboxylic acids is 1. The van der Waals surface area contributed by atoms with Crippen LogP contribution in [0.1, 0.15) is 33.1 Å². The quantitative estimate of drug-likeness (QED) is 0.368. The molecule has 1 fully saturated rings. The fraction of sp³-hybridized carbons (Fsp3) is 0.889. The van der Waals surface area contributed by atoms with Gasteiger partial charge in [0, 0.05) is 6.04 Å². The first-order chi connectivity index (χ1) is 6.16. The molecule has 2 atom stereocenters. The lowest BCUT2D eigenvalue weighted by Gasteiger charge is -2.36. The third kappa shape index (κ3) is 2.42. The highest BCUT2D eigenvalue weighted by Gasteiger charge is 2.26. The maximum atomic E-state index is 11.3. The van der Waals surface area contributed by atoms with Crippen molar-refractivity contribution in [3.63, 3.8) is 0 Å². The molecule has 3 N–H and O–H groups in total. The van der Waals surface area contributed by atoms with Crippen LogP contribution >= 0.6 is 0 Å². The van der Waals surface area contributed by atoms with Crippen LogP contribution in [0.5, 0.6) is 0 Å². The van der Waals surface area contributed by atoms with E-state index in [2.05, 4.69) is 17.2 Å². The number of nitrogens with two attached hydrogens (primary N) is 1. The van der Waals surface area contributed by atoms with Crippen LogP contribution in [-0.4, -0.2) is 29.4 Å². The molecule has 0 spiro atoms. The fourth-order valence-corrected chi connectivity index (χ4v) is 1.97. The number of likely N-dealkylation sites (tertiary alicyclic amines) is 1. The van der Waals surface area contributed by atoms with Gasteiger partial charge in [0.05, 0.1) is 6.04 Å². The summed E-state index contributed by atoms with van der Waals surface area (Å²) in [5.74, 6) is 5.01. The molecule has 1 saturated heterocycles. The Balaban J connectivity index is 2.53. The number of hydrazine groups is 1. The van der Waals surface area contributed by atoms with Crippen LogP contribution in [0.3, 0.4) is 0 Å². The van der Waals surface area contributed by atoms with Gasteiger partial charge in [0.25, 0.3) is 5.91 Å². The monoisotopic (exact) mass is 185 g/mol. The van der Waals surface area contributed by atoms with Crippen LogP contribution in [0.15, 0.2) is 0 Å². The minimum atomic E-state index is -0.0969. The highest BCUT2D eigenvalue weighted by Crippen LogP contribution is 2.18. The number of nitrogens with zero attached hydrogens (tertiary/aromatic N) is 1. The Hall–Kier alpha value is -0.610. The molecule has 0 aromatic carbocycles. The van der Waals surface area contributed by atoms with Gasteiger partial charge >= 0.3 is 0 Å². The van der Waals surface area contributed by atoms with E-state index in [-0.39, 0.29) is 11.9 Å². The highest BCUT2D eigenvalue weighted by atomic mass is 16.2. The molecule has 1 heterocycles. The third-order valence-corrected chi connectivity index (χ3v) is 2.87. The van der Waals surface area contributed by atoms with Crippen molar-refractivity contribution < 1.29 is 4.79 Å². The molecular weight excluding hydrogens is 166 g/mol. The first-order valence-corrected chi connectivity index (χ1v) is 4.93. The largest absolute Gasteiger partial charge is 0.293 e. The molecule has 0 aromatic rings. The third-order valence-electron chi connectivity index (χ3n) is 2.87. The molecule has 0 aromatic heterocycles. The number of amides is 1. The molecular formula is C9H19N3O. The van der Waals surface area contributed by atoms with Gasteiger partial charge in [-0.1, -0.05) is 6.42 Å². The summed E-state index contributed by atoms with van der Waals surface area (Å²) in [6, 6.07) is 0.404. The molecule has 0 aliphatic carbocycles. The summed E-state index contributed by atoms with van der Waals surface area (Å²) in [4.78, 5) is 13.5. The maximum Gasteiger partial charge on any atom is 0.250 e. The summed E-state index contributed by atoms with van der Waals surface area (Å²) >= 11 is 0. The van der Waals surface area contributed by atoms with Gasteiger partial charge in [-0.2, -0.15) is 0 Å². The van der Waals surface area contributed by atoms with Crippen LogP contribution in [0.2, 0.25) is 0 Å². The predicted octanol–water partition coefficient (Wildman–Crippen LogP) is 0.239. The van der Waals surface area contributed by atoms with Crippen molar-refractivity contribution in [3.8, 4) is 0 Å². The Morgan fingerprint density at radius 1 is 1.62 bits per heavy atom. The Morgan fingerprint density at radius 3 is 2.85 bits per heavy atom. The SMILES string of the molecule is C[C@H]1CCCCN1[C@@H](C)C(=O)NN. The van der Waals surface area contributed by atoms with Gasteiger partial charge in [0.2, 0.25) is 0 Å². The van der Waals surface area contributed by atoms with Crippen molar-refractivity contribution in [2.24, 2.45) is 5.84 Å². The molecule has 4 heteroatoms. The van der Waals surface area contributed by atoms with Gasteiger partial charge in [-0.25, -0.2) is 5.84 Å². The van der Waals surface area contributed by atoms with Gasteiger partial charge in [-0.05, 0) is 33.2 Å². The smallest absolute Gasteiger partial charge is 0.250 e. The van der Waals surface area contributed by atoms with E-state index in [9.17, 15) is 4.79 Å². The molecule has 4 nitrogen and oxygen atoms in total. The normalized spacial score (nSPS) is 26.8. The number of piperidine rings is 1. The Labute approximate surface area is 79.4 Å². The fourth-order valence-electron chi connectivity index (χ4n) is 1.97. The second-order valence-corrected chi connectivity index (χ2v) is 3.77. The number of nitrogens with one attached hydrogen (secondary N) is 1. The van der Waals surface area contributed by atoms with Crippen LogP contribution in [0.4, 0.5) is 0 Å². The first kappa shape index (κ1) is 10.5. The zero-order chi connectivity index (χ0) is 9.84. The molecule has 0 bridgehead atoms. The van der Waals surface area contributed by atoms with E-state index in [0.717, 1.165) is 6.54 Å². The lowest BCUT2D eigenvalue weighted by Crippen LogP contribution is -2.52. The number of hydrogen-bond acceptors (Lipinski definition) is 3. The van der Waals surface area contributed by atoms with Gasteiger partial charge in [0.1, 0.15) is 0 Å². The van der Waals surface area contributed by atoms with E-state index in [1.54, 1.807) is 0 Å². The molecule has 76 valence electrons. The van der Waals surface area contributed by atoms with Gasteiger partial charge in [-0.15, -0.1) is 0 Å². The molecule has 0 radical (unpaired) electrons. The second kappa shape index (κ2) is 4.58. The maximum absolute atomic E-state index is 11.3. The average molecular weight is 185 g/mol. The first-order valence-electron chi connectivity index (χ1n) is 4.93. The van der Waals surface area contributed by atoms with Crippen molar-refractivity contribution in [3.05, 3.63) is 0 Å². The average Bonchev–Trinajstić information content (AvgIpc) is 2.16. The van der Waals surface area contributed by atoms with Crippen LogP contribution < -0.4 is 11.3 Å². The van der Waals surface area contributed by atoms with Crippen molar-refractivity contribution >= 4 is 5.91 Å².